The molecule has 1 aliphatic carbocycles. The highest BCUT2D eigenvalue weighted by Gasteiger charge is 2.29. The molecule has 1 N–H and O–H groups in total. The summed E-state index contributed by atoms with van der Waals surface area (Å²) in [7, 11) is 0. The van der Waals surface area contributed by atoms with Crippen molar-refractivity contribution in [2.45, 2.75) is 63.4 Å². The Morgan fingerprint density at radius 1 is 1.00 bits per heavy atom. The number of hydrogen-bond donors (Lipinski definition) is 1. The van der Waals surface area contributed by atoms with Crippen LogP contribution in [0.1, 0.15) is 50.2 Å². The van der Waals surface area contributed by atoms with Crippen LogP contribution in [0, 0.1) is 0 Å². The number of thioether (sulfide) groups is 1. The predicted molar refractivity (Wildman–Crippen MR) is 144 cm³/mol. The Balaban J connectivity index is 1.70. The molecule has 184 valence electrons. The smallest absolute Gasteiger partial charge is 0.242 e. The monoisotopic (exact) mass is 560 g/mol. The molecule has 1 saturated carbocycles. The van der Waals surface area contributed by atoms with E-state index in [1.54, 1.807) is 42.2 Å². The van der Waals surface area contributed by atoms with Crippen LogP contribution in [0.2, 0.25) is 20.1 Å². The van der Waals surface area contributed by atoms with E-state index in [1.807, 2.05) is 6.07 Å². The summed E-state index contributed by atoms with van der Waals surface area (Å²) < 4.78 is 0. The number of carbonyl (C=O) groups is 2. The minimum atomic E-state index is -0.660. The highest BCUT2D eigenvalue weighted by Crippen LogP contribution is 2.28. The van der Waals surface area contributed by atoms with Gasteiger partial charge in [0, 0.05) is 33.9 Å². The fraction of sp³-hybridized carbons (Fsp3) is 0.440. The van der Waals surface area contributed by atoms with E-state index in [1.165, 1.54) is 18.2 Å². The number of amides is 2. The van der Waals surface area contributed by atoms with Crippen molar-refractivity contribution in [3.8, 4) is 0 Å². The first-order valence-corrected chi connectivity index (χ1v) is 14.0. The third kappa shape index (κ3) is 7.69. The van der Waals surface area contributed by atoms with Crippen LogP contribution < -0.4 is 5.32 Å². The van der Waals surface area contributed by atoms with E-state index in [0.717, 1.165) is 31.2 Å². The number of nitrogens with zero attached hydrogens (tertiary/aromatic N) is 1. The van der Waals surface area contributed by atoms with Crippen molar-refractivity contribution in [3.63, 3.8) is 0 Å². The van der Waals surface area contributed by atoms with Crippen LogP contribution in [0.3, 0.4) is 0 Å². The highest BCUT2D eigenvalue weighted by atomic mass is 35.5. The molecule has 3 rings (SSSR count). The largest absolute Gasteiger partial charge is 0.352 e. The third-order valence-electron chi connectivity index (χ3n) is 5.99. The van der Waals surface area contributed by atoms with Crippen LogP contribution >= 0.6 is 58.2 Å². The molecular formula is C25H28Cl4N2O2S. The van der Waals surface area contributed by atoms with Crippen LogP contribution in [0.15, 0.2) is 36.4 Å². The van der Waals surface area contributed by atoms with Gasteiger partial charge in [-0.3, -0.25) is 9.59 Å². The summed E-state index contributed by atoms with van der Waals surface area (Å²) in [4.78, 5) is 28.0. The number of benzene rings is 2. The van der Waals surface area contributed by atoms with E-state index in [2.05, 4.69) is 5.32 Å². The van der Waals surface area contributed by atoms with Gasteiger partial charge in [0.25, 0.3) is 0 Å². The van der Waals surface area contributed by atoms with Gasteiger partial charge in [-0.1, -0.05) is 77.8 Å². The molecule has 0 spiro atoms. The summed E-state index contributed by atoms with van der Waals surface area (Å²) in [6.45, 7) is 1.91. The first kappa shape index (κ1) is 27.5. The van der Waals surface area contributed by atoms with E-state index in [-0.39, 0.29) is 30.2 Å². The average molecular weight is 562 g/mol. The summed E-state index contributed by atoms with van der Waals surface area (Å²) in [6.07, 6.45) is 5.38. The van der Waals surface area contributed by atoms with Crippen LogP contribution in [-0.4, -0.2) is 34.6 Å². The number of hydrogen-bond acceptors (Lipinski definition) is 3. The van der Waals surface area contributed by atoms with Gasteiger partial charge in [0.2, 0.25) is 11.8 Å². The molecule has 2 aromatic carbocycles. The number of nitrogens with one attached hydrogen (secondary N) is 1. The van der Waals surface area contributed by atoms with Gasteiger partial charge in [0.1, 0.15) is 6.04 Å². The van der Waals surface area contributed by atoms with Crippen molar-refractivity contribution in [1.29, 1.82) is 0 Å². The molecule has 4 nitrogen and oxygen atoms in total. The number of halogens is 4. The van der Waals surface area contributed by atoms with Crippen molar-refractivity contribution < 1.29 is 9.59 Å². The summed E-state index contributed by atoms with van der Waals surface area (Å²) in [5, 5.41) is 5.04. The van der Waals surface area contributed by atoms with Gasteiger partial charge in [-0.05, 0) is 49.6 Å². The number of carbonyl (C=O) groups excluding carboxylic acids is 2. The standard InChI is InChI=1S/C25H28Cl4N2O2S/c1-16(25(33)30-18-6-3-2-4-7-18)31(13-19-20(26)8-5-9-21(19)27)24(32)15-34-14-17-10-11-22(28)23(29)12-17/h5,8-12,16,18H,2-4,6-7,13-15H2,1H3,(H,30,33)/t16-/m1/s1. The van der Waals surface area contributed by atoms with Gasteiger partial charge in [-0.2, -0.15) is 0 Å². The van der Waals surface area contributed by atoms with Gasteiger partial charge in [-0.15, -0.1) is 11.8 Å². The lowest BCUT2D eigenvalue weighted by Gasteiger charge is -2.31. The van der Waals surface area contributed by atoms with E-state index >= 15 is 0 Å². The van der Waals surface area contributed by atoms with Crippen LogP contribution in [-0.2, 0) is 21.9 Å². The van der Waals surface area contributed by atoms with E-state index in [4.69, 9.17) is 46.4 Å². The minimum absolute atomic E-state index is 0.155. The highest BCUT2D eigenvalue weighted by molar-refractivity contribution is 7.99. The van der Waals surface area contributed by atoms with Crippen LogP contribution in [0.4, 0.5) is 0 Å². The average Bonchev–Trinajstić information content (AvgIpc) is 2.81. The van der Waals surface area contributed by atoms with Gasteiger partial charge in [0.05, 0.1) is 15.8 Å². The molecule has 1 fully saturated rings. The van der Waals surface area contributed by atoms with Crippen molar-refractivity contribution in [1.82, 2.24) is 10.2 Å². The second-order valence-electron chi connectivity index (χ2n) is 8.48. The zero-order chi connectivity index (χ0) is 24.7. The van der Waals surface area contributed by atoms with Crippen molar-refractivity contribution >= 4 is 70.0 Å². The Morgan fingerprint density at radius 2 is 1.68 bits per heavy atom. The molecular weight excluding hydrogens is 534 g/mol. The molecule has 0 radical (unpaired) electrons. The summed E-state index contributed by atoms with van der Waals surface area (Å²) in [6, 6.07) is 10.1. The van der Waals surface area contributed by atoms with Crippen LogP contribution in [0.5, 0.6) is 0 Å². The molecule has 0 aliphatic heterocycles. The molecule has 0 aromatic heterocycles. The zero-order valence-electron chi connectivity index (χ0n) is 19.0. The van der Waals surface area contributed by atoms with Crippen molar-refractivity contribution in [2.24, 2.45) is 0 Å². The van der Waals surface area contributed by atoms with E-state index < -0.39 is 6.04 Å². The molecule has 1 aliphatic rings. The second kappa shape index (κ2) is 13.3. The Kier molecular flexibility index (Phi) is 10.7. The molecule has 0 heterocycles. The molecule has 2 amide bonds. The summed E-state index contributed by atoms with van der Waals surface area (Å²) >= 11 is 26.3. The lowest BCUT2D eigenvalue weighted by atomic mass is 9.95. The zero-order valence-corrected chi connectivity index (χ0v) is 22.8. The first-order valence-electron chi connectivity index (χ1n) is 11.3. The van der Waals surface area contributed by atoms with Gasteiger partial charge in [-0.25, -0.2) is 0 Å². The molecule has 0 saturated heterocycles. The first-order chi connectivity index (χ1) is 16.3. The van der Waals surface area contributed by atoms with Crippen molar-refractivity contribution in [3.05, 3.63) is 67.6 Å². The second-order valence-corrected chi connectivity index (χ2v) is 11.1. The predicted octanol–water partition coefficient (Wildman–Crippen LogP) is 7.40. The molecule has 2 aromatic rings. The lowest BCUT2D eigenvalue weighted by molar-refractivity contribution is -0.139. The number of rotatable bonds is 9. The molecule has 9 heteroatoms. The van der Waals surface area contributed by atoms with E-state index in [9.17, 15) is 9.59 Å². The van der Waals surface area contributed by atoms with Crippen LogP contribution in [0.25, 0.3) is 0 Å². The topological polar surface area (TPSA) is 49.4 Å². The Morgan fingerprint density at radius 3 is 2.32 bits per heavy atom. The summed E-state index contributed by atoms with van der Waals surface area (Å²) in [5.74, 6) is 0.472. The quantitative estimate of drug-likeness (QED) is 0.347. The Labute approximate surface area is 225 Å². The maximum atomic E-state index is 13.3. The fourth-order valence-corrected chi connectivity index (χ4v) is 5.67. The normalized spacial score (nSPS) is 15.1. The summed E-state index contributed by atoms with van der Waals surface area (Å²) in [5.41, 5.74) is 1.60. The van der Waals surface area contributed by atoms with Gasteiger partial charge >= 0.3 is 0 Å². The SMILES string of the molecule is C[C@H](C(=O)NC1CCCCC1)N(Cc1c(Cl)cccc1Cl)C(=O)CSCc1ccc(Cl)c(Cl)c1. The minimum Gasteiger partial charge on any atom is -0.352 e. The molecule has 0 unspecified atom stereocenters. The van der Waals surface area contributed by atoms with Crippen molar-refractivity contribution in [2.75, 3.05) is 5.75 Å². The maximum absolute atomic E-state index is 13.3. The Hall–Kier alpha value is -1.11. The fourth-order valence-electron chi connectivity index (χ4n) is 3.97. The van der Waals surface area contributed by atoms with Gasteiger partial charge in [0.15, 0.2) is 0 Å². The van der Waals surface area contributed by atoms with Gasteiger partial charge < -0.3 is 10.2 Å². The maximum Gasteiger partial charge on any atom is 0.242 e. The molecule has 34 heavy (non-hydrogen) atoms. The lowest BCUT2D eigenvalue weighted by Crippen LogP contribution is -2.50. The molecule has 0 bridgehead atoms. The molecule has 1 atom stereocenters. The van der Waals surface area contributed by atoms with E-state index in [0.29, 0.717) is 31.4 Å². The third-order valence-corrected chi connectivity index (χ3v) is 8.42. The Bertz CT molecular complexity index is 994.